The van der Waals surface area contributed by atoms with E-state index in [0.29, 0.717) is 0 Å². The van der Waals surface area contributed by atoms with Crippen molar-refractivity contribution in [2.24, 2.45) is 10.9 Å². The first kappa shape index (κ1) is 13.0. The van der Waals surface area contributed by atoms with Gasteiger partial charge in [-0.3, -0.25) is 0 Å². The van der Waals surface area contributed by atoms with Gasteiger partial charge in [0.25, 0.3) is 0 Å². The zero-order valence-corrected chi connectivity index (χ0v) is 9.39. The fourth-order valence-corrected chi connectivity index (χ4v) is 1.90. The van der Waals surface area contributed by atoms with Crippen LogP contribution in [-0.4, -0.2) is 8.42 Å². The molecule has 7 heteroatoms. The number of rotatable bonds is 3. The smallest absolute Gasteiger partial charge is 0.213 e. The number of sulfonamides is 1. The van der Waals surface area contributed by atoms with Crippen LogP contribution in [0.4, 0.5) is 8.78 Å². The van der Waals surface area contributed by atoms with Crippen molar-refractivity contribution in [3.8, 4) is 0 Å². The van der Waals surface area contributed by atoms with Gasteiger partial charge in [-0.15, -0.1) is 0 Å². The van der Waals surface area contributed by atoms with Crippen molar-refractivity contribution in [1.82, 2.24) is 0 Å². The molecule has 0 spiro atoms. The van der Waals surface area contributed by atoms with E-state index in [9.17, 15) is 17.2 Å². The van der Waals surface area contributed by atoms with Crippen LogP contribution in [0.15, 0.2) is 12.1 Å². The van der Waals surface area contributed by atoms with E-state index in [4.69, 9.17) is 10.9 Å². The van der Waals surface area contributed by atoms with Crippen LogP contribution in [0, 0.1) is 11.6 Å². The molecule has 0 aliphatic carbocycles. The Morgan fingerprint density at radius 1 is 1.31 bits per heavy atom. The van der Waals surface area contributed by atoms with E-state index < -0.39 is 39.0 Å². The summed E-state index contributed by atoms with van der Waals surface area (Å²) in [5.41, 5.74) is 5.15. The molecule has 1 aromatic rings. The Morgan fingerprint density at radius 3 is 2.06 bits per heavy atom. The van der Waals surface area contributed by atoms with Gasteiger partial charge in [0.2, 0.25) is 10.0 Å². The van der Waals surface area contributed by atoms with E-state index in [1.54, 1.807) is 6.92 Å². The third-order valence-corrected chi connectivity index (χ3v) is 2.73. The first-order chi connectivity index (χ1) is 7.20. The van der Waals surface area contributed by atoms with Gasteiger partial charge >= 0.3 is 0 Å². The number of hydrogen-bond acceptors (Lipinski definition) is 3. The van der Waals surface area contributed by atoms with E-state index in [1.165, 1.54) is 0 Å². The normalized spacial score (nSPS) is 13.8. The number of primary sulfonamides is 1. The predicted molar refractivity (Wildman–Crippen MR) is 55.8 cm³/mol. The minimum Gasteiger partial charge on any atom is -0.324 e. The first-order valence-corrected chi connectivity index (χ1v) is 6.16. The molecule has 0 radical (unpaired) electrons. The molecule has 4 nitrogen and oxygen atoms in total. The van der Waals surface area contributed by atoms with Gasteiger partial charge in [-0.2, -0.15) is 0 Å². The minimum absolute atomic E-state index is 0.258. The van der Waals surface area contributed by atoms with Crippen molar-refractivity contribution in [1.29, 1.82) is 0 Å². The fourth-order valence-electron chi connectivity index (χ4n) is 1.22. The van der Waals surface area contributed by atoms with E-state index in [1.807, 2.05) is 0 Å². The summed E-state index contributed by atoms with van der Waals surface area (Å²) in [6.07, 6.45) is 0. The molecule has 1 rings (SSSR count). The van der Waals surface area contributed by atoms with Gasteiger partial charge in [0, 0.05) is 11.6 Å². The summed E-state index contributed by atoms with van der Waals surface area (Å²) in [5.74, 6) is -2.79. The Kier molecular flexibility index (Phi) is 3.61. The molecule has 0 aliphatic heterocycles. The highest BCUT2D eigenvalue weighted by Gasteiger charge is 2.17. The summed E-state index contributed by atoms with van der Waals surface area (Å²) in [7, 11) is -3.97. The fraction of sp³-hybridized carbons (Fsp3) is 0.333. The lowest BCUT2D eigenvalue weighted by Gasteiger charge is -2.09. The molecule has 1 atom stereocenters. The van der Waals surface area contributed by atoms with Crippen molar-refractivity contribution in [3.63, 3.8) is 0 Å². The maximum absolute atomic E-state index is 13.4. The summed E-state index contributed by atoms with van der Waals surface area (Å²) in [4.78, 5) is 0. The SMILES string of the molecule is CC(N)c1cc(F)c(CS(N)(=O)=O)c(F)c1. The van der Waals surface area contributed by atoms with Crippen molar-refractivity contribution < 1.29 is 17.2 Å². The molecular formula is C9H12F2N2O2S. The number of benzene rings is 1. The van der Waals surface area contributed by atoms with E-state index >= 15 is 0 Å². The Hall–Kier alpha value is -1.05. The molecule has 0 amide bonds. The van der Waals surface area contributed by atoms with Gasteiger partial charge < -0.3 is 5.73 Å². The average molecular weight is 250 g/mol. The molecule has 16 heavy (non-hydrogen) atoms. The molecule has 90 valence electrons. The summed E-state index contributed by atoms with van der Waals surface area (Å²) in [6, 6.07) is 1.48. The molecule has 1 unspecified atom stereocenters. The maximum Gasteiger partial charge on any atom is 0.213 e. The van der Waals surface area contributed by atoms with Gasteiger partial charge in [-0.25, -0.2) is 22.3 Å². The highest BCUT2D eigenvalue weighted by Crippen LogP contribution is 2.20. The maximum atomic E-state index is 13.4. The molecule has 0 aromatic heterocycles. The first-order valence-electron chi connectivity index (χ1n) is 4.44. The Labute approximate surface area is 92.3 Å². The standard InChI is InChI=1S/C9H12F2N2O2S/c1-5(12)6-2-8(10)7(9(11)3-6)4-16(13,14)15/h2-3,5H,4,12H2,1H3,(H2,13,14,15). The minimum atomic E-state index is -3.97. The Bertz CT molecular complexity index is 477. The second kappa shape index (κ2) is 4.44. The van der Waals surface area contributed by atoms with Crippen LogP contribution in [0.3, 0.4) is 0 Å². The van der Waals surface area contributed by atoms with Crippen molar-refractivity contribution in [2.45, 2.75) is 18.7 Å². The number of nitrogens with two attached hydrogens (primary N) is 2. The van der Waals surface area contributed by atoms with Gasteiger partial charge in [-0.05, 0) is 24.6 Å². The largest absolute Gasteiger partial charge is 0.324 e. The third-order valence-electron chi connectivity index (χ3n) is 2.03. The van der Waals surface area contributed by atoms with Crippen molar-refractivity contribution in [3.05, 3.63) is 34.9 Å². The molecule has 0 saturated carbocycles. The summed E-state index contributed by atoms with van der Waals surface area (Å²) >= 11 is 0. The van der Waals surface area contributed by atoms with Crippen LogP contribution >= 0.6 is 0 Å². The van der Waals surface area contributed by atoms with Crippen LogP contribution in [0.25, 0.3) is 0 Å². The Balaban J connectivity index is 3.23. The highest BCUT2D eigenvalue weighted by molar-refractivity contribution is 7.88. The average Bonchev–Trinajstić information content (AvgIpc) is 2.09. The molecule has 0 heterocycles. The monoisotopic (exact) mass is 250 g/mol. The third kappa shape index (κ3) is 3.22. The quantitative estimate of drug-likeness (QED) is 0.830. The molecule has 0 fully saturated rings. The van der Waals surface area contributed by atoms with Crippen LogP contribution in [0.2, 0.25) is 0 Å². The lowest BCUT2D eigenvalue weighted by Crippen LogP contribution is -2.17. The molecular weight excluding hydrogens is 238 g/mol. The van der Waals surface area contributed by atoms with Crippen LogP contribution < -0.4 is 10.9 Å². The van der Waals surface area contributed by atoms with Gasteiger partial charge in [0.1, 0.15) is 11.6 Å². The summed E-state index contributed by atoms with van der Waals surface area (Å²) in [6.45, 7) is 1.56. The van der Waals surface area contributed by atoms with Crippen LogP contribution in [0.5, 0.6) is 0 Å². The molecule has 0 saturated heterocycles. The molecule has 1 aromatic carbocycles. The van der Waals surface area contributed by atoms with Gasteiger partial charge in [0.15, 0.2) is 0 Å². The van der Waals surface area contributed by atoms with Crippen LogP contribution in [-0.2, 0) is 15.8 Å². The summed E-state index contributed by atoms with van der Waals surface area (Å²) in [5, 5.41) is 4.72. The lowest BCUT2D eigenvalue weighted by molar-refractivity contribution is 0.551. The number of hydrogen-bond donors (Lipinski definition) is 2. The van der Waals surface area contributed by atoms with E-state index in [0.717, 1.165) is 12.1 Å². The van der Waals surface area contributed by atoms with Crippen molar-refractivity contribution >= 4 is 10.0 Å². The topological polar surface area (TPSA) is 86.2 Å². The lowest BCUT2D eigenvalue weighted by atomic mass is 10.1. The van der Waals surface area contributed by atoms with Gasteiger partial charge in [-0.1, -0.05) is 0 Å². The van der Waals surface area contributed by atoms with Crippen LogP contribution in [0.1, 0.15) is 24.1 Å². The second-order valence-electron chi connectivity index (χ2n) is 3.56. The van der Waals surface area contributed by atoms with E-state index in [2.05, 4.69) is 0 Å². The molecule has 0 aliphatic rings. The summed E-state index contributed by atoms with van der Waals surface area (Å²) < 4.78 is 48.3. The Morgan fingerprint density at radius 2 is 1.75 bits per heavy atom. The second-order valence-corrected chi connectivity index (χ2v) is 5.17. The highest BCUT2D eigenvalue weighted by atomic mass is 32.2. The number of halogens is 2. The van der Waals surface area contributed by atoms with Crippen molar-refractivity contribution in [2.75, 3.05) is 0 Å². The van der Waals surface area contributed by atoms with Gasteiger partial charge in [0.05, 0.1) is 5.75 Å². The van der Waals surface area contributed by atoms with E-state index in [-0.39, 0.29) is 5.56 Å². The molecule has 0 bridgehead atoms. The molecule has 4 N–H and O–H groups in total. The zero-order valence-electron chi connectivity index (χ0n) is 8.57. The zero-order chi connectivity index (χ0) is 12.5. The predicted octanol–water partition coefficient (Wildman–Crippen LogP) is 0.773.